The average Bonchev–Trinajstić information content (AvgIpc) is 2.67. The number of hydrogen-bond acceptors (Lipinski definition) is 2. The topological polar surface area (TPSA) is 24.9 Å². The van der Waals surface area contributed by atoms with Gasteiger partial charge in [0.25, 0.3) is 0 Å². The molecule has 0 spiro atoms. The number of halogens is 1. The first-order valence-electron chi connectivity index (χ1n) is 4.89. The molecule has 0 aliphatic heterocycles. The number of rotatable bonds is 2. The number of anilines is 1. The standard InChI is InChI=1S/C11H15ClN2/c1-7-4-5-8(12)10(13-7)14-9-6-11(9,2)3/h4-5,9H,6H2,1-3H3,(H,13,14). The fourth-order valence-corrected chi connectivity index (χ4v) is 1.68. The smallest absolute Gasteiger partial charge is 0.145 e. The van der Waals surface area contributed by atoms with Gasteiger partial charge >= 0.3 is 0 Å². The predicted octanol–water partition coefficient (Wildman–Crippen LogP) is 3.25. The number of nitrogens with one attached hydrogen (secondary N) is 1. The van der Waals surface area contributed by atoms with Crippen LogP contribution in [0.25, 0.3) is 0 Å². The fraction of sp³-hybridized carbons (Fsp3) is 0.545. The zero-order valence-corrected chi connectivity index (χ0v) is 9.52. The van der Waals surface area contributed by atoms with Crippen LogP contribution < -0.4 is 5.32 Å². The van der Waals surface area contributed by atoms with Crippen molar-refractivity contribution in [3.8, 4) is 0 Å². The molecule has 1 aliphatic rings. The van der Waals surface area contributed by atoms with Crippen molar-refractivity contribution in [1.29, 1.82) is 0 Å². The molecule has 14 heavy (non-hydrogen) atoms. The summed E-state index contributed by atoms with van der Waals surface area (Å²) in [5.41, 5.74) is 1.39. The summed E-state index contributed by atoms with van der Waals surface area (Å²) >= 11 is 6.04. The van der Waals surface area contributed by atoms with Crippen molar-refractivity contribution in [3.63, 3.8) is 0 Å². The van der Waals surface area contributed by atoms with E-state index in [0.717, 1.165) is 11.5 Å². The van der Waals surface area contributed by atoms with Gasteiger partial charge in [0.1, 0.15) is 5.82 Å². The maximum atomic E-state index is 6.04. The van der Waals surface area contributed by atoms with E-state index < -0.39 is 0 Å². The van der Waals surface area contributed by atoms with Crippen LogP contribution in [0.3, 0.4) is 0 Å². The normalized spacial score (nSPS) is 23.3. The van der Waals surface area contributed by atoms with Crippen LogP contribution in [-0.4, -0.2) is 11.0 Å². The number of pyridine rings is 1. The minimum atomic E-state index is 0.398. The summed E-state index contributed by atoms with van der Waals surface area (Å²) in [5, 5.41) is 4.08. The van der Waals surface area contributed by atoms with E-state index in [1.165, 1.54) is 6.42 Å². The third-order valence-electron chi connectivity index (χ3n) is 2.81. The van der Waals surface area contributed by atoms with Gasteiger partial charge in [0.05, 0.1) is 5.02 Å². The second kappa shape index (κ2) is 3.13. The van der Waals surface area contributed by atoms with Crippen LogP contribution >= 0.6 is 11.6 Å². The molecule has 0 bridgehead atoms. The highest BCUT2D eigenvalue weighted by molar-refractivity contribution is 6.32. The lowest BCUT2D eigenvalue weighted by Crippen LogP contribution is -2.10. The van der Waals surface area contributed by atoms with Crippen molar-refractivity contribution in [1.82, 2.24) is 4.98 Å². The highest BCUT2D eigenvalue weighted by Crippen LogP contribution is 2.46. The van der Waals surface area contributed by atoms with Crippen molar-refractivity contribution in [2.24, 2.45) is 5.41 Å². The Morgan fingerprint density at radius 3 is 2.71 bits per heavy atom. The van der Waals surface area contributed by atoms with Gasteiger partial charge in [-0.1, -0.05) is 25.4 Å². The molecular weight excluding hydrogens is 196 g/mol. The number of hydrogen-bond donors (Lipinski definition) is 1. The Balaban J connectivity index is 2.13. The van der Waals surface area contributed by atoms with Crippen molar-refractivity contribution in [2.75, 3.05) is 5.32 Å². The molecule has 1 fully saturated rings. The first-order chi connectivity index (χ1) is 6.49. The van der Waals surface area contributed by atoms with E-state index in [4.69, 9.17) is 11.6 Å². The molecule has 0 saturated heterocycles. The molecule has 1 heterocycles. The molecule has 2 rings (SSSR count). The van der Waals surface area contributed by atoms with Crippen LogP contribution in [0.1, 0.15) is 26.0 Å². The van der Waals surface area contributed by atoms with Crippen LogP contribution in [0.4, 0.5) is 5.82 Å². The highest BCUT2D eigenvalue weighted by Gasteiger charge is 2.46. The van der Waals surface area contributed by atoms with Gasteiger partial charge < -0.3 is 5.32 Å². The molecule has 2 nitrogen and oxygen atoms in total. The minimum absolute atomic E-state index is 0.398. The SMILES string of the molecule is Cc1ccc(Cl)c(NC2CC2(C)C)n1. The molecule has 1 aliphatic carbocycles. The van der Waals surface area contributed by atoms with E-state index in [1.807, 2.05) is 19.1 Å². The lowest BCUT2D eigenvalue weighted by atomic mass is 10.2. The Morgan fingerprint density at radius 1 is 1.50 bits per heavy atom. The summed E-state index contributed by atoms with van der Waals surface area (Å²) in [4.78, 5) is 4.38. The van der Waals surface area contributed by atoms with E-state index in [2.05, 4.69) is 24.1 Å². The second-order valence-corrected chi connectivity index (χ2v) is 5.08. The van der Waals surface area contributed by atoms with Gasteiger partial charge in [0, 0.05) is 11.7 Å². The summed E-state index contributed by atoms with van der Waals surface area (Å²) in [5.74, 6) is 0.822. The maximum absolute atomic E-state index is 6.04. The second-order valence-electron chi connectivity index (χ2n) is 4.67. The zero-order chi connectivity index (χ0) is 10.3. The van der Waals surface area contributed by atoms with Gasteiger partial charge in [-0.05, 0) is 30.9 Å². The monoisotopic (exact) mass is 210 g/mol. The first kappa shape index (κ1) is 9.78. The van der Waals surface area contributed by atoms with E-state index in [9.17, 15) is 0 Å². The van der Waals surface area contributed by atoms with Gasteiger partial charge in [0.2, 0.25) is 0 Å². The van der Waals surface area contributed by atoms with E-state index in [0.29, 0.717) is 16.5 Å². The molecule has 1 unspecified atom stereocenters. The molecular formula is C11H15ClN2. The maximum Gasteiger partial charge on any atom is 0.145 e. The third kappa shape index (κ3) is 1.85. The van der Waals surface area contributed by atoms with Crippen LogP contribution in [0.2, 0.25) is 5.02 Å². The van der Waals surface area contributed by atoms with Gasteiger partial charge in [0.15, 0.2) is 0 Å². The third-order valence-corrected chi connectivity index (χ3v) is 3.11. The van der Waals surface area contributed by atoms with Gasteiger partial charge in [-0.25, -0.2) is 4.98 Å². The average molecular weight is 211 g/mol. The van der Waals surface area contributed by atoms with Gasteiger partial charge in [-0.2, -0.15) is 0 Å². The molecule has 1 saturated carbocycles. The quantitative estimate of drug-likeness (QED) is 0.811. The van der Waals surface area contributed by atoms with Crippen molar-refractivity contribution < 1.29 is 0 Å². The molecule has 76 valence electrons. The first-order valence-corrected chi connectivity index (χ1v) is 5.26. The van der Waals surface area contributed by atoms with E-state index in [1.54, 1.807) is 0 Å². The molecule has 3 heteroatoms. The lowest BCUT2D eigenvalue weighted by molar-refractivity contribution is 0.630. The Labute approximate surface area is 89.7 Å². The molecule has 1 aromatic rings. The van der Waals surface area contributed by atoms with Crippen LogP contribution in [0.5, 0.6) is 0 Å². The molecule has 1 atom stereocenters. The molecule has 0 radical (unpaired) electrons. The molecule has 1 aromatic heterocycles. The fourth-order valence-electron chi connectivity index (χ4n) is 1.52. The molecule has 0 aromatic carbocycles. The van der Waals surface area contributed by atoms with Crippen LogP contribution in [0.15, 0.2) is 12.1 Å². The summed E-state index contributed by atoms with van der Waals surface area (Å²) in [6.45, 7) is 6.46. The number of nitrogens with zero attached hydrogens (tertiary/aromatic N) is 1. The Morgan fingerprint density at radius 2 is 2.14 bits per heavy atom. The lowest BCUT2D eigenvalue weighted by Gasteiger charge is -2.09. The molecule has 1 N–H and O–H groups in total. The van der Waals surface area contributed by atoms with Crippen molar-refractivity contribution in [3.05, 3.63) is 22.8 Å². The van der Waals surface area contributed by atoms with Crippen LogP contribution in [-0.2, 0) is 0 Å². The highest BCUT2D eigenvalue weighted by atomic mass is 35.5. The largest absolute Gasteiger partial charge is 0.366 e. The molecule has 0 amide bonds. The van der Waals surface area contributed by atoms with Crippen molar-refractivity contribution in [2.45, 2.75) is 33.2 Å². The Hall–Kier alpha value is -0.760. The Kier molecular flexibility index (Phi) is 2.18. The summed E-state index contributed by atoms with van der Waals surface area (Å²) in [7, 11) is 0. The summed E-state index contributed by atoms with van der Waals surface area (Å²) in [6.07, 6.45) is 1.19. The van der Waals surface area contributed by atoms with Crippen LogP contribution in [0, 0.1) is 12.3 Å². The van der Waals surface area contributed by atoms with E-state index >= 15 is 0 Å². The minimum Gasteiger partial charge on any atom is -0.366 e. The Bertz CT molecular complexity index is 360. The van der Waals surface area contributed by atoms with E-state index in [-0.39, 0.29) is 0 Å². The summed E-state index contributed by atoms with van der Waals surface area (Å²) < 4.78 is 0. The predicted molar refractivity (Wildman–Crippen MR) is 59.8 cm³/mol. The van der Waals surface area contributed by atoms with Gasteiger partial charge in [-0.15, -0.1) is 0 Å². The van der Waals surface area contributed by atoms with Crippen molar-refractivity contribution >= 4 is 17.4 Å². The summed E-state index contributed by atoms with van der Waals surface area (Å²) in [6, 6.07) is 4.34. The number of aromatic nitrogens is 1. The number of aryl methyl sites for hydroxylation is 1. The zero-order valence-electron chi connectivity index (χ0n) is 8.76. The van der Waals surface area contributed by atoms with Gasteiger partial charge in [-0.3, -0.25) is 0 Å².